The molecule has 1 unspecified atom stereocenters. The van der Waals surface area contributed by atoms with E-state index in [2.05, 4.69) is 15.3 Å². The topological polar surface area (TPSA) is 76.2 Å². The fourth-order valence-corrected chi connectivity index (χ4v) is 3.14. The van der Waals surface area contributed by atoms with Crippen LogP contribution in [0.25, 0.3) is 0 Å². The lowest BCUT2D eigenvalue weighted by molar-refractivity contribution is -0.0206. The molecule has 2 N–H and O–H groups in total. The highest BCUT2D eigenvalue weighted by Crippen LogP contribution is 2.35. The average molecular weight is 377 g/mol. The lowest BCUT2D eigenvalue weighted by Crippen LogP contribution is -2.41. The van der Waals surface area contributed by atoms with E-state index < -0.39 is 0 Å². The number of nitrogens with zero attached hydrogens (tertiary/aromatic N) is 1. The fourth-order valence-electron chi connectivity index (χ4n) is 2.72. The maximum Gasteiger partial charge on any atom is 0.268 e. The summed E-state index contributed by atoms with van der Waals surface area (Å²) in [5, 5.41) is 3.34. The molecule has 2 aliphatic rings. The number of rotatable bonds is 2. The fraction of sp³-hybridized carbons (Fsp3) is 0.667. The molecule has 7 heteroatoms. The zero-order valence-electron chi connectivity index (χ0n) is 10.4. The van der Waals surface area contributed by atoms with Gasteiger partial charge < -0.3 is 19.8 Å². The predicted octanol–water partition coefficient (Wildman–Crippen LogP) is 0.664. The molecule has 0 amide bonds. The second kappa shape index (κ2) is 5.37. The Morgan fingerprint density at radius 1 is 1.47 bits per heavy atom. The molecule has 1 atom stereocenters. The first-order valence-electron chi connectivity index (χ1n) is 6.43. The van der Waals surface area contributed by atoms with Crippen LogP contribution in [0.4, 0.5) is 0 Å². The zero-order valence-corrected chi connectivity index (χ0v) is 12.6. The van der Waals surface area contributed by atoms with Crippen molar-refractivity contribution < 1.29 is 9.47 Å². The molecule has 0 aromatic carbocycles. The van der Waals surface area contributed by atoms with Gasteiger partial charge in [0.05, 0.1) is 18.5 Å². The molecule has 3 heterocycles. The van der Waals surface area contributed by atoms with Gasteiger partial charge in [-0.3, -0.25) is 4.79 Å². The van der Waals surface area contributed by atoms with Crippen molar-refractivity contribution >= 4 is 22.6 Å². The predicted molar refractivity (Wildman–Crippen MR) is 77.4 cm³/mol. The van der Waals surface area contributed by atoms with Crippen molar-refractivity contribution in [2.24, 2.45) is 0 Å². The minimum atomic E-state index is -0.166. The van der Waals surface area contributed by atoms with Gasteiger partial charge in [-0.1, -0.05) is 0 Å². The molecule has 0 aliphatic carbocycles. The van der Waals surface area contributed by atoms with Gasteiger partial charge in [-0.25, -0.2) is 4.98 Å². The van der Waals surface area contributed by atoms with E-state index in [0.29, 0.717) is 16.1 Å². The molecule has 0 bridgehead atoms. The molecule has 2 aliphatic heterocycles. The van der Waals surface area contributed by atoms with E-state index in [1.165, 1.54) is 6.33 Å². The molecular formula is C12H16IN3O3. The number of H-pyrrole nitrogens is 1. The lowest BCUT2D eigenvalue weighted by Gasteiger charge is -2.32. The molecule has 1 spiro atoms. The Kier molecular flexibility index (Phi) is 3.77. The molecule has 1 aromatic heterocycles. The highest BCUT2D eigenvalue weighted by Gasteiger charge is 2.42. The summed E-state index contributed by atoms with van der Waals surface area (Å²) in [6.45, 7) is 2.56. The molecule has 2 fully saturated rings. The Labute approximate surface area is 124 Å². The Morgan fingerprint density at radius 3 is 3.05 bits per heavy atom. The van der Waals surface area contributed by atoms with Crippen molar-refractivity contribution in [2.45, 2.75) is 31.0 Å². The Morgan fingerprint density at radius 2 is 2.26 bits per heavy atom. The second-order valence-corrected chi connectivity index (χ2v) is 6.12. The third kappa shape index (κ3) is 2.77. The van der Waals surface area contributed by atoms with Crippen LogP contribution in [0.3, 0.4) is 0 Å². The number of ether oxygens (including phenoxy) is 2. The van der Waals surface area contributed by atoms with Crippen LogP contribution in [0, 0.1) is 3.57 Å². The minimum Gasteiger partial charge on any atom is -0.471 e. The molecule has 0 radical (unpaired) electrons. The highest BCUT2D eigenvalue weighted by atomic mass is 127. The number of nitrogens with one attached hydrogen (secondary N) is 2. The molecule has 104 valence electrons. The third-order valence-electron chi connectivity index (χ3n) is 3.73. The third-order valence-corrected chi connectivity index (χ3v) is 4.68. The van der Waals surface area contributed by atoms with Crippen molar-refractivity contribution in [2.75, 3.05) is 19.7 Å². The molecule has 6 nitrogen and oxygen atoms in total. The largest absolute Gasteiger partial charge is 0.471 e. The molecule has 0 saturated carbocycles. The van der Waals surface area contributed by atoms with Crippen molar-refractivity contribution in [3.63, 3.8) is 0 Å². The van der Waals surface area contributed by atoms with Gasteiger partial charge in [0, 0.05) is 6.42 Å². The van der Waals surface area contributed by atoms with Crippen molar-refractivity contribution in [3.05, 3.63) is 20.3 Å². The summed E-state index contributed by atoms with van der Waals surface area (Å²) in [5.41, 5.74) is -0.205. The summed E-state index contributed by atoms with van der Waals surface area (Å²) in [7, 11) is 0. The van der Waals surface area contributed by atoms with Crippen molar-refractivity contribution in [1.82, 2.24) is 15.3 Å². The van der Waals surface area contributed by atoms with Gasteiger partial charge in [0.1, 0.15) is 9.67 Å². The van der Waals surface area contributed by atoms with Crippen LogP contribution < -0.4 is 15.6 Å². The van der Waals surface area contributed by atoms with Gasteiger partial charge >= 0.3 is 0 Å². The van der Waals surface area contributed by atoms with Gasteiger partial charge in [-0.15, -0.1) is 0 Å². The number of hydrogen-bond acceptors (Lipinski definition) is 5. The molecule has 19 heavy (non-hydrogen) atoms. The Bertz CT molecular complexity index is 513. The van der Waals surface area contributed by atoms with Crippen molar-refractivity contribution in [3.8, 4) is 5.88 Å². The highest BCUT2D eigenvalue weighted by molar-refractivity contribution is 14.1. The summed E-state index contributed by atoms with van der Waals surface area (Å²) < 4.78 is 12.3. The van der Waals surface area contributed by atoms with Gasteiger partial charge in [-0.2, -0.15) is 0 Å². The van der Waals surface area contributed by atoms with Crippen LogP contribution in [0.15, 0.2) is 11.1 Å². The first-order valence-corrected chi connectivity index (χ1v) is 7.51. The molecule has 3 rings (SSSR count). The van der Waals surface area contributed by atoms with E-state index in [1.807, 2.05) is 22.6 Å². The van der Waals surface area contributed by atoms with Gasteiger partial charge in [-0.05, 0) is 48.5 Å². The summed E-state index contributed by atoms with van der Waals surface area (Å²) in [6, 6.07) is 0. The number of aromatic nitrogens is 2. The number of hydrogen-bond donors (Lipinski definition) is 2. The zero-order chi connectivity index (χ0) is 13.3. The lowest BCUT2D eigenvalue weighted by atomic mass is 9.89. The van der Waals surface area contributed by atoms with E-state index in [4.69, 9.17) is 9.47 Å². The van der Waals surface area contributed by atoms with Gasteiger partial charge in [0.15, 0.2) is 0 Å². The average Bonchev–Trinajstić information content (AvgIpc) is 2.79. The molecule has 2 saturated heterocycles. The summed E-state index contributed by atoms with van der Waals surface area (Å²) >= 11 is 1.96. The first kappa shape index (κ1) is 13.3. The van der Waals surface area contributed by atoms with Crippen LogP contribution in [-0.4, -0.2) is 41.4 Å². The van der Waals surface area contributed by atoms with E-state index in [-0.39, 0.29) is 17.3 Å². The second-order valence-electron chi connectivity index (χ2n) is 5.04. The normalized spacial score (nSPS) is 25.6. The maximum atomic E-state index is 11.5. The van der Waals surface area contributed by atoms with E-state index in [9.17, 15) is 4.79 Å². The standard InChI is InChI=1S/C12H16IN3O3/c13-9-10(17)15-7-16-11(9)19-8-5-12(18-6-8)1-3-14-4-2-12/h7-8,14H,1-6H2,(H,15,16,17). The smallest absolute Gasteiger partial charge is 0.268 e. The molecule has 1 aromatic rings. The molecular weight excluding hydrogens is 361 g/mol. The van der Waals surface area contributed by atoms with Crippen LogP contribution in [0.1, 0.15) is 19.3 Å². The summed E-state index contributed by atoms with van der Waals surface area (Å²) in [5.74, 6) is 0.406. The number of piperidine rings is 1. The van der Waals surface area contributed by atoms with Crippen LogP contribution >= 0.6 is 22.6 Å². The first-order chi connectivity index (χ1) is 9.19. The summed E-state index contributed by atoms with van der Waals surface area (Å²) in [6.07, 6.45) is 4.27. The van der Waals surface area contributed by atoms with Gasteiger partial charge in [0.25, 0.3) is 5.56 Å². The monoisotopic (exact) mass is 377 g/mol. The summed E-state index contributed by atoms with van der Waals surface area (Å²) in [4.78, 5) is 18.1. The van der Waals surface area contributed by atoms with E-state index in [0.717, 1.165) is 32.4 Å². The SMILES string of the molecule is O=c1[nH]cnc(OC2COC3(CCNCC3)C2)c1I. The Hall–Kier alpha value is -0.670. The van der Waals surface area contributed by atoms with Gasteiger partial charge in [0.2, 0.25) is 5.88 Å². The van der Waals surface area contributed by atoms with Crippen LogP contribution in [0.2, 0.25) is 0 Å². The number of aromatic amines is 1. The van der Waals surface area contributed by atoms with Crippen molar-refractivity contribution in [1.29, 1.82) is 0 Å². The van der Waals surface area contributed by atoms with Crippen LogP contribution in [-0.2, 0) is 4.74 Å². The van der Waals surface area contributed by atoms with E-state index in [1.54, 1.807) is 0 Å². The van der Waals surface area contributed by atoms with E-state index >= 15 is 0 Å². The quantitative estimate of drug-likeness (QED) is 0.741. The van der Waals surface area contributed by atoms with Crippen LogP contribution in [0.5, 0.6) is 5.88 Å². The number of halogens is 1. The maximum absolute atomic E-state index is 11.5. The Balaban J connectivity index is 1.68. The minimum absolute atomic E-state index is 0.0130.